The fourth-order valence-electron chi connectivity index (χ4n) is 3.20. The lowest BCUT2D eigenvalue weighted by molar-refractivity contribution is 0.0956. The van der Waals surface area contributed by atoms with E-state index in [-0.39, 0.29) is 23.8 Å². The summed E-state index contributed by atoms with van der Waals surface area (Å²) in [4.78, 5) is 25.2. The predicted molar refractivity (Wildman–Crippen MR) is 100 cm³/mol. The van der Waals surface area contributed by atoms with Crippen LogP contribution in [0.5, 0.6) is 0 Å². The van der Waals surface area contributed by atoms with E-state index < -0.39 is 0 Å². The van der Waals surface area contributed by atoms with Crippen molar-refractivity contribution in [2.75, 3.05) is 6.54 Å². The highest BCUT2D eigenvalue weighted by Crippen LogP contribution is 2.18. The van der Waals surface area contributed by atoms with Gasteiger partial charge in [0.25, 0.3) is 11.5 Å². The summed E-state index contributed by atoms with van der Waals surface area (Å²) in [6, 6.07) is 12.9. The van der Waals surface area contributed by atoms with Crippen LogP contribution in [-0.2, 0) is 6.54 Å². The minimum absolute atomic E-state index is 0.188. The van der Waals surface area contributed by atoms with Crippen LogP contribution in [0.4, 0.5) is 4.39 Å². The Balaban J connectivity index is 1.97. The maximum atomic E-state index is 13.6. The zero-order chi connectivity index (χ0) is 19.0. The lowest BCUT2D eigenvalue weighted by atomic mass is 10.1. The number of nitrogens with zero attached hydrogens (tertiary/aromatic N) is 3. The molecule has 4 aromatic rings. The van der Waals surface area contributed by atoms with E-state index in [1.807, 2.05) is 6.92 Å². The van der Waals surface area contributed by atoms with Gasteiger partial charge in [-0.25, -0.2) is 8.91 Å². The summed E-state index contributed by atoms with van der Waals surface area (Å²) >= 11 is 0. The molecule has 0 radical (unpaired) electrons. The van der Waals surface area contributed by atoms with E-state index in [0.717, 1.165) is 0 Å². The Morgan fingerprint density at radius 2 is 1.96 bits per heavy atom. The normalized spacial score (nSPS) is 11.2. The van der Waals surface area contributed by atoms with E-state index in [0.29, 0.717) is 34.2 Å². The second-order valence-corrected chi connectivity index (χ2v) is 6.21. The Morgan fingerprint density at radius 3 is 2.74 bits per heavy atom. The van der Waals surface area contributed by atoms with Gasteiger partial charge in [0.1, 0.15) is 11.3 Å². The molecule has 0 aliphatic heterocycles. The molecule has 2 aromatic carbocycles. The first-order valence-electron chi connectivity index (χ1n) is 8.61. The number of carbonyl (C=O) groups excluding carboxylic acids is 1. The van der Waals surface area contributed by atoms with Crippen LogP contribution in [0, 0.1) is 5.82 Å². The van der Waals surface area contributed by atoms with Crippen molar-refractivity contribution in [1.82, 2.24) is 19.5 Å². The number of halogens is 1. The standard InChI is InChI=1S/C20H17FN4O2/c1-2-22-19(26)14-6-7-16-18(11-14)24(12-13-4-3-5-15(21)10-13)20(27)17-8-9-23-25(16)17/h3-11H,2,12H2,1H3,(H,22,26). The Bertz CT molecular complexity index is 1230. The van der Waals surface area contributed by atoms with Crippen LogP contribution in [0.2, 0.25) is 0 Å². The van der Waals surface area contributed by atoms with E-state index in [9.17, 15) is 14.0 Å². The maximum Gasteiger partial charge on any atom is 0.277 e. The minimum Gasteiger partial charge on any atom is -0.352 e. The van der Waals surface area contributed by atoms with Crippen molar-refractivity contribution in [2.45, 2.75) is 13.5 Å². The highest BCUT2D eigenvalue weighted by molar-refractivity contribution is 5.97. The van der Waals surface area contributed by atoms with Gasteiger partial charge in [-0.2, -0.15) is 5.10 Å². The molecule has 7 heteroatoms. The van der Waals surface area contributed by atoms with E-state index in [1.165, 1.54) is 12.1 Å². The number of hydrogen-bond donors (Lipinski definition) is 1. The fourth-order valence-corrected chi connectivity index (χ4v) is 3.20. The highest BCUT2D eigenvalue weighted by atomic mass is 19.1. The lowest BCUT2D eigenvalue weighted by Gasteiger charge is -2.13. The average molecular weight is 364 g/mol. The predicted octanol–water partition coefficient (Wildman–Crippen LogP) is 2.59. The van der Waals surface area contributed by atoms with Crippen molar-refractivity contribution in [1.29, 1.82) is 0 Å². The molecule has 0 unspecified atom stereocenters. The second kappa shape index (κ2) is 6.68. The smallest absolute Gasteiger partial charge is 0.277 e. The number of hydrogen-bond acceptors (Lipinski definition) is 3. The van der Waals surface area contributed by atoms with Crippen LogP contribution in [0.15, 0.2) is 59.5 Å². The summed E-state index contributed by atoms with van der Waals surface area (Å²) in [5.41, 5.74) is 2.53. The second-order valence-electron chi connectivity index (χ2n) is 6.21. The summed E-state index contributed by atoms with van der Waals surface area (Å²) < 4.78 is 16.7. The summed E-state index contributed by atoms with van der Waals surface area (Å²) in [6.45, 7) is 2.53. The molecule has 0 saturated carbocycles. The van der Waals surface area contributed by atoms with Gasteiger partial charge in [0.15, 0.2) is 0 Å². The third kappa shape index (κ3) is 2.97. The Labute approximate surface area is 153 Å². The molecule has 0 fully saturated rings. The van der Waals surface area contributed by atoms with Crippen LogP contribution in [0.25, 0.3) is 16.6 Å². The monoisotopic (exact) mass is 364 g/mol. The quantitative estimate of drug-likeness (QED) is 0.605. The van der Waals surface area contributed by atoms with Gasteiger partial charge in [-0.15, -0.1) is 0 Å². The number of aromatic nitrogens is 3. The first kappa shape index (κ1) is 17.0. The van der Waals surface area contributed by atoms with Crippen molar-refractivity contribution < 1.29 is 9.18 Å². The molecule has 27 heavy (non-hydrogen) atoms. The molecule has 2 aromatic heterocycles. The summed E-state index contributed by atoms with van der Waals surface area (Å²) in [5.74, 6) is -0.581. The molecule has 1 N–H and O–H groups in total. The molecule has 2 heterocycles. The zero-order valence-corrected chi connectivity index (χ0v) is 14.6. The van der Waals surface area contributed by atoms with Gasteiger partial charge in [0.05, 0.1) is 23.8 Å². The maximum absolute atomic E-state index is 13.6. The van der Waals surface area contributed by atoms with Crippen molar-refractivity contribution in [3.63, 3.8) is 0 Å². The number of carbonyl (C=O) groups is 1. The molecule has 0 atom stereocenters. The van der Waals surface area contributed by atoms with Gasteiger partial charge in [-0.1, -0.05) is 12.1 Å². The van der Waals surface area contributed by atoms with Gasteiger partial charge in [0, 0.05) is 12.1 Å². The number of rotatable bonds is 4. The molecular formula is C20H17FN4O2. The van der Waals surface area contributed by atoms with Crippen molar-refractivity contribution >= 4 is 22.5 Å². The van der Waals surface area contributed by atoms with Gasteiger partial charge in [-0.3, -0.25) is 9.59 Å². The molecule has 0 bridgehead atoms. The SMILES string of the molecule is CCNC(=O)c1ccc2c(c1)n(Cc1cccc(F)c1)c(=O)c1ccnn12. The molecule has 1 amide bonds. The van der Waals surface area contributed by atoms with E-state index >= 15 is 0 Å². The molecule has 6 nitrogen and oxygen atoms in total. The summed E-state index contributed by atoms with van der Waals surface area (Å²) in [5, 5.41) is 6.98. The summed E-state index contributed by atoms with van der Waals surface area (Å²) in [7, 11) is 0. The topological polar surface area (TPSA) is 68.4 Å². The summed E-state index contributed by atoms with van der Waals surface area (Å²) in [6.07, 6.45) is 1.56. The molecule has 4 rings (SSSR count). The van der Waals surface area contributed by atoms with Crippen LogP contribution in [-0.4, -0.2) is 26.6 Å². The van der Waals surface area contributed by atoms with E-state index in [2.05, 4.69) is 10.4 Å². The van der Waals surface area contributed by atoms with Crippen molar-refractivity contribution in [3.05, 3.63) is 82.0 Å². The zero-order valence-electron chi connectivity index (χ0n) is 14.6. The molecular weight excluding hydrogens is 347 g/mol. The van der Waals surface area contributed by atoms with Gasteiger partial charge < -0.3 is 9.88 Å². The number of nitrogens with one attached hydrogen (secondary N) is 1. The van der Waals surface area contributed by atoms with E-state index in [1.54, 1.807) is 51.7 Å². The van der Waals surface area contributed by atoms with Crippen LogP contribution in [0.1, 0.15) is 22.8 Å². The van der Waals surface area contributed by atoms with Crippen LogP contribution in [0.3, 0.4) is 0 Å². The number of benzene rings is 2. The first-order chi connectivity index (χ1) is 13.1. The largest absolute Gasteiger partial charge is 0.352 e. The Kier molecular flexibility index (Phi) is 4.19. The third-order valence-electron chi connectivity index (χ3n) is 4.43. The minimum atomic E-state index is -0.363. The van der Waals surface area contributed by atoms with Crippen molar-refractivity contribution in [2.24, 2.45) is 0 Å². The Morgan fingerprint density at radius 1 is 1.11 bits per heavy atom. The molecule has 0 aliphatic carbocycles. The molecule has 0 aliphatic rings. The third-order valence-corrected chi connectivity index (χ3v) is 4.43. The highest BCUT2D eigenvalue weighted by Gasteiger charge is 2.14. The van der Waals surface area contributed by atoms with Crippen LogP contribution < -0.4 is 10.9 Å². The fraction of sp³-hybridized carbons (Fsp3) is 0.150. The lowest BCUT2D eigenvalue weighted by Crippen LogP contribution is -2.25. The first-order valence-corrected chi connectivity index (χ1v) is 8.61. The molecule has 136 valence electrons. The van der Waals surface area contributed by atoms with Gasteiger partial charge in [0.2, 0.25) is 0 Å². The van der Waals surface area contributed by atoms with Gasteiger partial charge >= 0.3 is 0 Å². The molecule has 0 saturated heterocycles. The number of amides is 1. The van der Waals surface area contributed by atoms with Gasteiger partial charge in [-0.05, 0) is 48.9 Å². The van der Waals surface area contributed by atoms with Crippen LogP contribution >= 0.6 is 0 Å². The Hall–Kier alpha value is -3.48. The average Bonchev–Trinajstić information content (AvgIpc) is 3.15. The van der Waals surface area contributed by atoms with Crippen molar-refractivity contribution in [3.8, 4) is 0 Å². The number of fused-ring (bicyclic) bond motifs is 3. The molecule has 0 spiro atoms. The van der Waals surface area contributed by atoms with E-state index in [4.69, 9.17) is 0 Å².